The molecule has 1 aromatic rings. The minimum Gasteiger partial charge on any atom is -0.391 e. The van der Waals surface area contributed by atoms with Gasteiger partial charge in [-0.3, -0.25) is 0 Å². The van der Waals surface area contributed by atoms with E-state index in [4.69, 9.17) is 5.73 Å². The Morgan fingerprint density at radius 2 is 2.06 bits per heavy atom. The maximum atomic E-state index is 13.1. The molecule has 1 saturated carbocycles. The topological polar surface area (TPSA) is 46.2 Å². The van der Waals surface area contributed by atoms with Crippen LogP contribution in [0.25, 0.3) is 0 Å². The Balaban J connectivity index is 0.00000144. The summed E-state index contributed by atoms with van der Waals surface area (Å²) in [6, 6.07) is 4.09. The molecule has 17 heavy (non-hydrogen) atoms. The first-order valence-corrected chi connectivity index (χ1v) is 5.79. The summed E-state index contributed by atoms with van der Waals surface area (Å²) in [4.78, 5) is 0. The van der Waals surface area contributed by atoms with E-state index >= 15 is 0 Å². The Morgan fingerprint density at radius 3 is 2.59 bits per heavy atom. The van der Waals surface area contributed by atoms with E-state index in [1.54, 1.807) is 6.07 Å². The van der Waals surface area contributed by atoms with E-state index in [1.807, 2.05) is 6.92 Å². The normalized spacial score (nSPS) is 19.1. The van der Waals surface area contributed by atoms with Crippen molar-refractivity contribution in [1.82, 2.24) is 0 Å². The molecule has 0 aromatic heterocycles. The zero-order chi connectivity index (χ0) is 11.7. The first kappa shape index (κ1) is 14.4. The predicted molar refractivity (Wildman–Crippen MR) is 68.7 cm³/mol. The summed E-state index contributed by atoms with van der Waals surface area (Å²) in [6.45, 7) is 1.89. The highest BCUT2D eigenvalue weighted by molar-refractivity contribution is 5.85. The van der Waals surface area contributed by atoms with Gasteiger partial charge >= 0.3 is 0 Å². The lowest BCUT2D eigenvalue weighted by molar-refractivity contribution is 0.0411. The van der Waals surface area contributed by atoms with Crippen LogP contribution in [-0.2, 0) is 0 Å². The maximum absolute atomic E-state index is 13.1. The summed E-state index contributed by atoms with van der Waals surface area (Å²) < 4.78 is 13.1. The average molecular weight is 260 g/mol. The number of aliphatic hydroxyl groups excluding tert-OH is 1. The van der Waals surface area contributed by atoms with Gasteiger partial charge in [0.1, 0.15) is 5.82 Å². The van der Waals surface area contributed by atoms with Crippen molar-refractivity contribution in [2.24, 2.45) is 11.7 Å². The first-order chi connectivity index (χ1) is 7.59. The molecule has 1 aromatic carbocycles. The van der Waals surface area contributed by atoms with Crippen LogP contribution in [0.15, 0.2) is 18.2 Å². The fourth-order valence-corrected chi connectivity index (χ4v) is 2.23. The second kappa shape index (κ2) is 5.80. The van der Waals surface area contributed by atoms with Crippen LogP contribution < -0.4 is 5.73 Å². The molecule has 2 nitrogen and oxygen atoms in total. The largest absolute Gasteiger partial charge is 0.391 e. The number of aliphatic hydroxyl groups is 1. The molecule has 0 amide bonds. The number of benzene rings is 1. The van der Waals surface area contributed by atoms with Gasteiger partial charge in [0.25, 0.3) is 0 Å². The van der Waals surface area contributed by atoms with Crippen LogP contribution in [0.3, 0.4) is 0 Å². The molecule has 96 valence electrons. The molecule has 0 bridgehead atoms. The van der Waals surface area contributed by atoms with Crippen molar-refractivity contribution < 1.29 is 9.50 Å². The second-order valence-corrected chi connectivity index (χ2v) is 4.71. The summed E-state index contributed by atoms with van der Waals surface area (Å²) >= 11 is 0. The molecule has 2 rings (SSSR count). The molecule has 1 aliphatic carbocycles. The number of rotatable bonds is 3. The SMILES string of the molecule is Cc1ccc(F)cc1[C@@H](N)[C@@H](O)C1CCC1.Cl. The van der Waals surface area contributed by atoms with Gasteiger partial charge in [0, 0.05) is 0 Å². The second-order valence-electron chi connectivity index (χ2n) is 4.71. The Bertz CT molecular complexity index is 382. The quantitative estimate of drug-likeness (QED) is 0.877. The van der Waals surface area contributed by atoms with Crippen molar-refractivity contribution in [1.29, 1.82) is 0 Å². The van der Waals surface area contributed by atoms with Crippen LogP contribution in [0, 0.1) is 18.7 Å². The molecule has 3 N–H and O–H groups in total. The molecule has 0 saturated heterocycles. The highest BCUT2D eigenvalue weighted by Crippen LogP contribution is 2.35. The third-order valence-corrected chi connectivity index (χ3v) is 3.60. The molecule has 1 aliphatic rings. The molecule has 0 aliphatic heterocycles. The average Bonchev–Trinajstić information content (AvgIpc) is 2.18. The first-order valence-electron chi connectivity index (χ1n) is 5.79. The van der Waals surface area contributed by atoms with Gasteiger partial charge in [0.05, 0.1) is 12.1 Å². The lowest BCUT2D eigenvalue weighted by Gasteiger charge is -2.34. The number of aryl methyl sites for hydroxylation is 1. The lowest BCUT2D eigenvalue weighted by Crippen LogP contribution is -2.36. The summed E-state index contributed by atoms with van der Waals surface area (Å²) in [5.74, 6) is -0.00507. The van der Waals surface area contributed by atoms with Crippen LogP contribution >= 0.6 is 12.4 Å². The molecule has 1 fully saturated rings. The molecule has 0 spiro atoms. The van der Waals surface area contributed by atoms with Crippen LogP contribution in [0.1, 0.15) is 36.4 Å². The zero-order valence-corrected chi connectivity index (χ0v) is 10.7. The van der Waals surface area contributed by atoms with E-state index in [1.165, 1.54) is 12.1 Å². The number of hydrogen-bond acceptors (Lipinski definition) is 2. The van der Waals surface area contributed by atoms with Gasteiger partial charge in [0.15, 0.2) is 0 Å². The van der Waals surface area contributed by atoms with Gasteiger partial charge in [0.2, 0.25) is 0 Å². The monoisotopic (exact) mass is 259 g/mol. The van der Waals surface area contributed by atoms with Gasteiger partial charge in [-0.1, -0.05) is 12.5 Å². The van der Waals surface area contributed by atoms with Crippen molar-refractivity contribution in [3.63, 3.8) is 0 Å². The Morgan fingerprint density at radius 1 is 1.41 bits per heavy atom. The maximum Gasteiger partial charge on any atom is 0.123 e. The fourth-order valence-electron chi connectivity index (χ4n) is 2.23. The van der Waals surface area contributed by atoms with Crippen molar-refractivity contribution in [2.75, 3.05) is 0 Å². The summed E-state index contributed by atoms with van der Waals surface area (Å²) in [6.07, 6.45) is 2.68. The van der Waals surface area contributed by atoms with E-state index in [-0.39, 0.29) is 24.1 Å². The highest BCUT2D eigenvalue weighted by atomic mass is 35.5. The van der Waals surface area contributed by atoms with Crippen LogP contribution in [-0.4, -0.2) is 11.2 Å². The van der Waals surface area contributed by atoms with Gasteiger partial charge in [-0.2, -0.15) is 0 Å². The van der Waals surface area contributed by atoms with Crippen molar-refractivity contribution >= 4 is 12.4 Å². The molecule has 0 radical (unpaired) electrons. The summed E-state index contributed by atoms with van der Waals surface area (Å²) in [5, 5.41) is 10.1. The van der Waals surface area contributed by atoms with E-state index in [0.717, 1.165) is 30.4 Å². The van der Waals surface area contributed by atoms with E-state index in [0.29, 0.717) is 0 Å². The Hall–Kier alpha value is -0.640. The fraction of sp³-hybridized carbons (Fsp3) is 0.538. The third-order valence-electron chi connectivity index (χ3n) is 3.60. The number of hydrogen-bond donors (Lipinski definition) is 2. The minimum atomic E-state index is -0.547. The molecule has 4 heteroatoms. The molecular formula is C13H19ClFNO. The molecule has 2 atom stereocenters. The minimum absolute atomic E-state index is 0. The molecular weight excluding hydrogens is 241 g/mol. The number of halogens is 2. The van der Waals surface area contributed by atoms with E-state index in [2.05, 4.69) is 0 Å². The van der Waals surface area contributed by atoms with Gasteiger partial charge < -0.3 is 10.8 Å². The van der Waals surface area contributed by atoms with Gasteiger partial charge in [-0.15, -0.1) is 12.4 Å². The predicted octanol–water partition coefficient (Wildman–Crippen LogP) is 2.72. The van der Waals surface area contributed by atoms with E-state index in [9.17, 15) is 9.50 Å². The van der Waals surface area contributed by atoms with Gasteiger partial charge in [-0.05, 0) is 48.9 Å². The third kappa shape index (κ3) is 2.97. The zero-order valence-electron chi connectivity index (χ0n) is 9.90. The van der Waals surface area contributed by atoms with Gasteiger partial charge in [-0.25, -0.2) is 4.39 Å². The lowest BCUT2D eigenvalue weighted by atomic mass is 9.77. The number of nitrogens with two attached hydrogens (primary N) is 1. The van der Waals surface area contributed by atoms with Crippen LogP contribution in [0.4, 0.5) is 4.39 Å². The van der Waals surface area contributed by atoms with Crippen molar-refractivity contribution in [3.8, 4) is 0 Å². The highest BCUT2D eigenvalue weighted by Gasteiger charge is 2.31. The van der Waals surface area contributed by atoms with Crippen molar-refractivity contribution in [3.05, 3.63) is 35.1 Å². The smallest absolute Gasteiger partial charge is 0.123 e. The summed E-state index contributed by atoms with van der Waals surface area (Å²) in [5.41, 5.74) is 7.66. The standard InChI is InChI=1S/C13H18FNO.ClH/c1-8-5-6-10(14)7-11(8)12(15)13(16)9-3-2-4-9;/h5-7,9,12-13,16H,2-4,15H2,1H3;1H/t12-,13+;/m1./s1. The molecule has 0 unspecified atom stereocenters. The summed E-state index contributed by atoms with van der Waals surface area (Å²) in [7, 11) is 0. The Labute approximate surface area is 107 Å². The Kier molecular flexibility index (Phi) is 4.92. The van der Waals surface area contributed by atoms with Crippen LogP contribution in [0.5, 0.6) is 0 Å². The van der Waals surface area contributed by atoms with Crippen LogP contribution in [0.2, 0.25) is 0 Å². The van der Waals surface area contributed by atoms with E-state index < -0.39 is 12.1 Å². The molecule has 0 heterocycles. The van der Waals surface area contributed by atoms with Crippen molar-refractivity contribution in [2.45, 2.75) is 38.3 Å².